The fourth-order valence-electron chi connectivity index (χ4n) is 0.922. The van der Waals surface area contributed by atoms with E-state index in [1.54, 1.807) is 0 Å². The Bertz CT molecular complexity index is 461. The van der Waals surface area contributed by atoms with E-state index in [-0.39, 0.29) is 5.56 Å². The zero-order valence-electron chi connectivity index (χ0n) is 7.88. The molecule has 0 spiro atoms. The zero-order chi connectivity index (χ0) is 12.1. The summed E-state index contributed by atoms with van der Waals surface area (Å²) in [6.45, 7) is 0. The maximum absolute atomic E-state index is 13.1. The van der Waals surface area contributed by atoms with Crippen LogP contribution in [0.15, 0.2) is 23.3 Å². The molecule has 0 aliphatic carbocycles. The molecule has 7 nitrogen and oxygen atoms in total. The van der Waals surface area contributed by atoms with E-state index in [2.05, 4.69) is 5.10 Å². The molecule has 1 aromatic carbocycles. The van der Waals surface area contributed by atoms with Crippen molar-refractivity contribution in [1.29, 1.82) is 0 Å². The van der Waals surface area contributed by atoms with Crippen molar-refractivity contribution in [3.05, 3.63) is 39.7 Å². The van der Waals surface area contributed by atoms with E-state index in [4.69, 9.17) is 5.73 Å². The van der Waals surface area contributed by atoms with Gasteiger partial charge in [-0.3, -0.25) is 10.1 Å². The molecule has 16 heavy (non-hydrogen) atoms. The number of nitro benzene ring substituents is 1. The molecule has 8 heteroatoms. The molecular weight excluding hydrogens is 219 g/mol. The molecule has 0 saturated carbocycles. The topological polar surface area (TPSA) is 111 Å². The van der Waals surface area contributed by atoms with Crippen LogP contribution >= 0.6 is 0 Å². The predicted octanol–water partition coefficient (Wildman–Crippen LogP) is 0.736. The summed E-state index contributed by atoms with van der Waals surface area (Å²) in [5.41, 5.74) is 6.26. The molecular formula is C8H7FN4O3. The SMILES string of the molecule is NC(=O)NN=Cc1ccc([N+](=O)[O-])c(F)c1. The Balaban J connectivity index is 2.85. The third-order valence-corrected chi connectivity index (χ3v) is 1.56. The molecule has 0 aromatic heterocycles. The Hall–Kier alpha value is -2.51. The second-order valence-corrected chi connectivity index (χ2v) is 2.70. The van der Waals surface area contributed by atoms with Gasteiger partial charge in [0.05, 0.1) is 11.1 Å². The minimum atomic E-state index is -0.979. The third-order valence-electron chi connectivity index (χ3n) is 1.56. The summed E-state index contributed by atoms with van der Waals surface area (Å²) in [5.74, 6) is -0.979. The highest BCUT2D eigenvalue weighted by atomic mass is 19.1. The van der Waals surface area contributed by atoms with Crippen LogP contribution in [0.25, 0.3) is 0 Å². The number of hydrazone groups is 1. The standard InChI is InChI=1S/C8H7FN4O3/c9-6-3-5(4-11-12-8(10)14)1-2-7(6)13(15)16/h1-4H,(H3,10,12,14). The first-order valence-electron chi connectivity index (χ1n) is 4.03. The summed E-state index contributed by atoms with van der Waals surface area (Å²) in [4.78, 5) is 19.7. The monoisotopic (exact) mass is 226 g/mol. The van der Waals surface area contributed by atoms with Gasteiger partial charge < -0.3 is 5.73 Å². The Morgan fingerprint density at radius 2 is 2.31 bits per heavy atom. The average Bonchev–Trinajstić information content (AvgIpc) is 2.16. The normalized spacial score (nSPS) is 10.3. The lowest BCUT2D eigenvalue weighted by molar-refractivity contribution is -0.387. The smallest absolute Gasteiger partial charge is 0.332 e. The average molecular weight is 226 g/mol. The highest BCUT2D eigenvalue weighted by Crippen LogP contribution is 2.16. The lowest BCUT2D eigenvalue weighted by Crippen LogP contribution is -2.24. The van der Waals surface area contributed by atoms with Gasteiger partial charge in [0.25, 0.3) is 0 Å². The highest BCUT2D eigenvalue weighted by molar-refractivity contribution is 5.81. The lowest BCUT2D eigenvalue weighted by Gasteiger charge is -1.96. The molecule has 1 rings (SSSR count). The van der Waals surface area contributed by atoms with Crippen LogP contribution in [0.5, 0.6) is 0 Å². The Kier molecular flexibility index (Phi) is 3.49. The van der Waals surface area contributed by atoms with Crippen LogP contribution < -0.4 is 11.2 Å². The molecule has 2 amide bonds. The number of nitrogens with one attached hydrogen (secondary N) is 1. The maximum Gasteiger partial charge on any atom is 0.332 e. The van der Waals surface area contributed by atoms with E-state index < -0.39 is 22.5 Å². The first-order chi connectivity index (χ1) is 7.50. The maximum atomic E-state index is 13.1. The number of nitrogens with two attached hydrogens (primary N) is 1. The number of hydrogen-bond acceptors (Lipinski definition) is 4. The highest BCUT2D eigenvalue weighted by Gasteiger charge is 2.12. The largest absolute Gasteiger partial charge is 0.350 e. The molecule has 0 bridgehead atoms. The van der Waals surface area contributed by atoms with Gasteiger partial charge in [0.15, 0.2) is 0 Å². The molecule has 0 heterocycles. The van der Waals surface area contributed by atoms with Crippen molar-refractivity contribution in [3.63, 3.8) is 0 Å². The fraction of sp³-hybridized carbons (Fsp3) is 0. The quantitative estimate of drug-likeness (QED) is 0.450. The molecule has 0 aliphatic rings. The van der Waals surface area contributed by atoms with Gasteiger partial charge >= 0.3 is 11.7 Å². The van der Waals surface area contributed by atoms with Crippen molar-refractivity contribution >= 4 is 17.9 Å². The van der Waals surface area contributed by atoms with E-state index in [1.165, 1.54) is 6.07 Å². The Morgan fingerprint density at radius 1 is 1.62 bits per heavy atom. The molecule has 0 atom stereocenters. The number of primary amides is 1. The van der Waals surface area contributed by atoms with Crippen LogP contribution in [0.3, 0.4) is 0 Å². The summed E-state index contributed by atoms with van der Waals surface area (Å²) in [7, 11) is 0. The van der Waals surface area contributed by atoms with E-state index >= 15 is 0 Å². The number of halogens is 1. The van der Waals surface area contributed by atoms with Crippen molar-refractivity contribution in [2.24, 2.45) is 10.8 Å². The molecule has 1 aromatic rings. The van der Waals surface area contributed by atoms with Crippen molar-refractivity contribution in [2.45, 2.75) is 0 Å². The number of nitrogens with zero attached hydrogens (tertiary/aromatic N) is 2. The van der Waals surface area contributed by atoms with E-state index in [1.807, 2.05) is 5.43 Å². The Morgan fingerprint density at radius 3 is 2.81 bits per heavy atom. The van der Waals surface area contributed by atoms with Gasteiger partial charge in [-0.1, -0.05) is 0 Å². The number of rotatable bonds is 3. The number of benzene rings is 1. The van der Waals surface area contributed by atoms with E-state index in [9.17, 15) is 19.3 Å². The van der Waals surface area contributed by atoms with E-state index in [0.29, 0.717) is 0 Å². The molecule has 0 unspecified atom stereocenters. The van der Waals surface area contributed by atoms with Gasteiger partial charge in [-0.15, -0.1) is 0 Å². The van der Waals surface area contributed by atoms with Gasteiger partial charge in [0.2, 0.25) is 5.82 Å². The number of urea groups is 1. The van der Waals surface area contributed by atoms with Crippen LogP contribution in [-0.2, 0) is 0 Å². The molecule has 0 fully saturated rings. The number of carbonyl (C=O) groups excluding carboxylic acids is 1. The lowest BCUT2D eigenvalue weighted by atomic mass is 10.2. The van der Waals surface area contributed by atoms with Crippen molar-refractivity contribution in [3.8, 4) is 0 Å². The van der Waals surface area contributed by atoms with Gasteiger partial charge in [0, 0.05) is 6.07 Å². The summed E-state index contributed by atoms with van der Waals surface area (Å²) < 4.78 is 13.1. The minimum Gasteiger partial charge on any atom is -0.350 e. The van der Waals surface area contributed by atoms with Crippen molar-refractivity contribution < 1.29 is 14.1 Å². The summed E-state index contributed by atoms with van der Waals surface area (Å²) >= 11 is 0. The summed E-state index contributed by atoms with van der Waals surface area (Å²) in [6, 6.07) is 2.34. The van der Waals surface area contributed by atoms with Crippen molar-refractivity contribution in [1.82, 2.24) is 5.43 Å². The van der Waals surface area contributed by atoms with Gasteiger partial charge in [0.1, 0.15) is 0 Å². The van der Waals surface area contributed by atoms with Gasteiger partial charge in [-0.05, 0) is 17.7 Å². The van der Waals surface area contributed by atoms with Crippen molar-refractivity contribution in [2.75, 3.05) is 0 Å². The van der Waals surface area contributed by atoms with Gasteiger partial charge in [-0.25, -0.2) is 10.2 Å². The first kappa shape index (κ1) is 11.6. The number of nitro groups is 1. The fourth-order valence-corrected chi connectivity index (χ4v) is 0.922. The van der Waals surface area contributed by atoms with Crippen LogP contribution in [0.4, 0.5) is 14.9 Å². The zero-order valence-corrected chi connectivity index (χ0v) is 7.88. The molecule has 0 aliphatic heterocycles. The molecule has 3 N–H and O–H groups in total. The van der Waals surface area contributed by atoms with Crippen LogP contribution in [0.2, 0.25) is 0 Å². The predicted molar refractivity (Wildman–Crippen MR) is 53.4 cm³/mol. The number of amides is 2. The van der Waals surface area contributed by atoms with E-state index in [0.717, 1.165) is 18.3 Å². The second-order valence-electron chi connectivity index (χ2n) is 2.70. The van der Waals surface area contributed by atoms with Gasteiger partial charge in [-0.2, -0.15) is 9.49 Å². The number of hydrogen-bond donors (Lipinski definition) is 2. The number of carbonyl (C=O) groups is 1. The first-order valence-corrected chi connectivity index (χ1v) is 4.03. The second kappa shape index (κ2) is 4.82. The Labute approximate surface area is 88.9 Å². The third kappa shape index (κ3) is 3.01. The van der Waals surface area contributed by atoms with Crippen LogP contribution in [0, 0.1) is 15.9 Å². The molecule has 0 radical (unpaired) electrons. The molecule has 84 valence electrons. The molecule has 0 saturated heterocycles. The van der Waals surface area contributed by atoms with Crippen LogP contribution in [-0.4, -0.2) is 17.2 Å². The minimum absolute atomic E-state index is 0.261. The summed E-state index contributed by atoms with van der Waals surface area (Å²) in [5, 5.41) is 13.7. The van der Waals surface area contributed by atoms with Crippen LogP contribution in [0.1, 0.15) is 5.56 Å². The summed E-state index contributed by atoms with van der Waals surface area (Å²) in [6.07, 6.45) is 1.11.